The maximum absolute atomic E-state index is 12.6. The molecule has 1 unspecified atom stereocenters. The molecule has 0 aromatic rings. The van der Waals surface area contributed by atoms with E-state index in [0.717, 1.165) is 51.4 Å². The predicted octanol–water partition coefficient (Wildman–Crippen LogP) is 7.49. The molecule has 0 aromatic heterocycles. The normalized spacial score (nSPS) is 24.9. The zero-order chi connectivity index (χ0) is 38.3. The van der Waals surface area contributed by atoms with E-state index in [4.69, 9.17) is 23.7 Å². The lowest BCUT2D eigenvalue weighted by Crippen LogP contribution is -2.36. The highest BCUT2D eigenvalue weighted by Crippen LogP contribution is 2.53. The van der Waals surface area contributed by atoms with Gasteiger partial charge < -0.3 is 34.3 Å². The maximum atomic E-state index is 12.6. The van der Waals surface area contributed by atoms with Crippen LogP contribution < -0.4 is 10.6 Å². The molecule has 52 heavy (non-hydrogen) atoms. The Labute approximate surface area is 312 Å². The number of carbonyl (C=O) groups is 4. The van der Waals surface area contributed by atoms with Crippen molar-refractivity contribution >= 4 is 24.1 Å². The summed E-state index contributed by atoms with van der Waals surface area (Å²) in [4.78, 5) is 49.8. The number of alkyl carbamates (subject to hydrolysis) is 2. The average molecular weight is 733 g/mol. The maximum Gasteiger partial charge on any atom is 0.407 e. The lowest BCUT2D eigenvalue weighted by atomic mass is 9.94. The number of hydrogen-bond donors (Lipinski definition) is 2. The summed E-state index contributed by atoms with van der Waals surface area (Å²) in [7, 11) is 0. The summed E-state index contributed by atoms with van der Waals surface area (Å²) in [5.41, 5.74) is -0.918. The first-order valence-corrected chi connectivity index (χ1v) is 19.7. The molecule has 0 aliphatic heterocycles. The first-order chi connectivity index (χ1) is 24.7. The monoisotopic (exact) mass is 732 g/mol. The van der Waals surface area contributed by atoms with E-state index in [1.165, 1.54) is 0 Å². The van der Waals surface area contributed by atoms with Crippen molar-refractivity contribution in [1.29, 1.82) is 0 Å². The third-order valence-corrected chi connectivity index (χ3v) is 10.8. The Morgan fingerprint density at radius 3 is 1.63 bits per heavy atom. The van der Waals surface area contributed by atoms with Crippen LogP contribution in [0.5, 0.6) is 0 Å². The van der Waals surface area contributed by atoms with Gasteiger partial charge >= 0.3 is 24.1 Å². The van der Waals surface area contributed by atoms with Gasteiger partial charge in [0, 0.05) is 23.9 Å². The number of hydrogen-bond acceptors (Lipinski definition) is 9. The van der Waals surface area contributed by atoms with Gasteiger partial charge in [-0.2, -0.15) is 0 Å². The highest BCUT2D eigenvalue weighted by Gasteiger charge is 2.49. The number of carbonyl (C=O) groups excluding carboxylic acids is 4. The summed E-state index contributed by atoms with van der Waals surface area (Å²) in [6.07, 6.45) is 14.3. The first-order valence-electron chi connectivity index (χ1n) is 19.7. The number of fused-ring (bicyclic) bond motifs is 1. The molecule has 0 bridgehead atoms. The summed E-state index contributed by atoms with van der Waals surface area (Å²) in [6, 6.07) is 0. The van der Waals surface area contributed by atoms with Crippen LogP contribution in [-0.2, 0) is 33.3 Å². The van der Waals surface area contributed by atoms with Crippen molar-refractivity contribution in [3.05, 3.63) is 24.8 Å². The Morgan fingerprint density at radius 1 is 0.712 bits per heavy atom. The molecule has 11 nitrogen and oxygen atoms in total. The molecule has 0 spiro atoms. The third-order valence-electron chi connectivity index (χ3n) is 10.8. The number of nitrogens with one attached hydrogen (secondary N) is 2. The molecule has 0 radical (unpaired) electrons. The fraction of sp³-hybridized carbons (Fsp3) is 0.805. The molecule has 2 N–H and O–H groups in total. The molecule has 2 fully saturated rings. The molecule has 11 heteroatoms. The fourth-order valence-corrected chi connectivity index (χ4v) is 7.30. The third kappa shape index (κ3) is 15.1. The lowest BCUT2D eigenvalue weighted by molar-refractivity contribution is -0.153. The Balaban J connectivity index is 1.23. The van der Waals surface area contributed by atoms with Crippen LogP contribution >= 0.6 is 0 Å². The van der Waals surface area contributed by atoms with Crippen LogP contribution in [0.1, 0.15) is 99.8 Å². The summed E-state index contributed by atoms with van der Waals surface area (Å²) in [5.74, 6) is 1.50. The van der Waals surface area contributed by atoms with Crippen molar-refractivity contribution in [3.8, 4) is 0 Å². The van der Waals surface area contributed by atoms with E-state index >= 15 is 0 Å². The highest BCUT2D eigenvalue weighted by atomic mass is 16.6. The number of amides is 2. The number of allylic oxidation sites excluding steroid dienone is 3. The predicted molar refractivity (Wildman–Crippen MR) is 200 cm³/mol. The topological polar surface area (TPSA) is 138 Å². The van der Waals surface area contributed by atoms with Crippen LogP contribution in [0.25, 0.3) is 0 Å². The van der Waals surface area contributed by atoms with E-state index in [9.17, 15) is 19.2 Å². The van der Waals surface area contributed by atoms with Crippen molar-refractivity contribution in [2.75, 3.05) is 52.7 Å². The van der Waals surface area contributed by atoms with Gasteiger partial charge in [0.1, 0.15) is 0 Å². The molecule has 296 valence electrons. The molecule has 0 heterocycles. The molecule has 0 aromatic carbocycles. The molecule has 2 amide bonds. The zero-order valence-electron chi connectivity index (χ0n) is 33.0. The minimum Gasteiger partial charge on any atom is -0.465 e. The quantitative estimate of drug-likeness (QED) is 0.0622. The second kappa shape index (κ2) is 21.0. The van der Waals surface area contributed by atoms with Crippen molar-refractivity contribution in [3.63, 3.8) is 0 Å². The molecule has 3 aliphatic rings. The number of rotatable bonds is 23. The number of esters is 2. The summed E-state index contributed by atoms with van der Waals surface area (Å²) >= 11 is 0. The average Bonchev–Trinajstić information content (AvgIpc) is 3.96. The van der Waals surface area contributed by atoms with E-state index in [1.807, 2.05) is 33.8 Å². The minimum atomic E-state index is -0.533. The van der Waals surface area contributed by atoms with Crippen LogP contribution in [-0.4, -0.2) is 76.9 Å². The van der Waals surface area contributed by atoms with E-state index in [2.05, 4.69) is 36.3 Å². The summed E-state index contributed by atoms with van der Waals surface area (Å²) in [6.45, 7) is 19.2. The smallest absolute Gasteiger partial charge is 0.407 e. The molecular formula is C41H68N2O9. The molecule has 8 atom stereocenters. The van der Waals surface area contributed by atoms with Gasteiger partial charge in [0.15, 0.2) is 0 Å². The van der Waals surface area contributed by atoms with Gasteiger partial charge in [-0.1, -0.05) is 79.5 Å². The molecule has 2 saturated carbocycles. The summed E-state index contributed by atoms with van der Waals surface area (Å²) in [5, 5.41) is 5.40. The second-order valence-electron chi connectivity index (χ2n) is 17.1. The van der Waals surface area contributed by atoms with Gasteiger partial charge in [-0.15, -0.1) is 6.58 Å². The van der Waals surface area contributed by atoms with E-state index in [0.29, 0.717) is 61.9 Å². The fourth-order valence-electron chi connectivity index (χ4n) is 7.30. The molecule has 3 rings (SSSR count). The Bertz CT molecular complexity index is 1180. The van der Waals surface area contributed by atoms with Gasteiger partial charge in [0.05, 0.1) is 51.5 Å². The van der Waals surface area contributed by atoms with Crippen LogP contribution in [0.2, 0.25) is 0 Å². The van der Waals surface area contributed by atoms with Crippen molar-refractivity contribution in [1.82, 2.24) is 10.6 Å². The van der Waals surface area contributed by atoms with E-state index in [-0.39, 0.29) is 26.3 Å². The highest BCUT2D eigenvalue weighted by molar-refractivity contribution is 5.74. The van der Waals surface area contributed by atoms with Gasteiger partial charge in [-0.05, 0) is 74.0 Å². The second-order valence-corrected chi connectivity index (χ2v) is 17.1. The zero-order valence-corrected chi connectivity index (χ0v) is 33.0. The minimum absolute atomic E-state index is 0.128. The van der Waals surface area contributed by atoms with Crippen molar-refractivity contribution < 1.29 is 42.9 Å². The summed E-state index contributed by atoms with van der Waals surface area (Å²) < 4.78 is 28.0. The standard InChI is InChI=1S/C41H68N2O9/c1-9-11-17-31-30(16-10-2)34(31)22-49-38(46)42-20-28(3)36(44)51-26-40(5,6)24-48-25-41(7,8)27-52-37(45)29(4)21-43-39(47)50-23-35-32-18-14-12-13-15-19-33(32)35/h9,12-13,28-35H,1,10-11,14-27H2,2-8H3,(H,42,46)(H,43,47)/t28-,29-,30+,31-,32-,33+,34+,35?/m0/s1. The Kier molecular flexibility index (Phi) is 17.5. The Morgan fingerprint density at radius 2 is 1.17 bits per heavy atom. The molecule has 3 aliphatic carbocycles. The van der Waals surface area contributed by atoms with Gasteiger partial charge in [-0.25, -0.2) is 9.59 Å². The van der Waals surface area contributed by atoms with E-state index < -0.39 is 46.8 Å². The van der Waals surface area contributed by atoms with Crippen LogP contribution in [0, 0.1) is 58.2 Å². The van der Waals surface area contributed by atoms with Crippen molar-refractivity contribution in [2.24, 2.45) is 58.2 Å². The van der Waals surface area contributed by atoms with Crippen LogP contribution in [0.3, 0.4) is 0 Å². The van der Waals surface area contributed by atoms with Gasteiger partial charge in [-0.3, -0.25) is 9.59 Å². The molecule has 0 saturated heterocycles. The van der Waals surface area contributed by atoms with Crippen LogP contribution in [0.15, 0.2) is 24.8 Å². The van der Waals surface area contributed by atoms with Crippen LogP contribution in [0.4, 0.5) is 9.59 Å². The van der Waals surface area contributed by atoms with E-state index in [1.54, 1.807) is 13.8 Å². The van der Waals surface area contributed by atoms with Gasteiger partial charge in [0.25, 0.3) is 0 Å². The van der Waals surface area contributed by atoms with Gasteiger partial charge in [0.2, 0.25) is 0 Å². The lowest BCUT2D eigenvalue weighted by Gasteiger charge is -2.29. The Hall–Kier alpha value is -3.08. The SMILES string of the molecule is C=CCC[C@H]1[C@@H](CCC)[C@H]1COC(=O)NC[C@H](C)C(=O)OCC(C)(C)COCC(C)(C)COC(=O)[C@@H](C)CNC(=O)OCC1[C@H]2CCC=CCC[C@@H]12. The van der Waals surface area contributed by atoms with Crippen molar-refractivity contribution in [2.45, 2.75) is 99.8 Å². The first kappa shape index (κ1) is 43.3. The molecular weight excluding hydrogens is 664 g/mol. The number of ether oxygens (including phenoxy) is 5. The largest absolute Gasteiger partial charge is 0.465 e.